The highest BCUT2D eigenvalue weighted by Gasteiger charge is 2.05. The summed E-state index contributed by atoms with van der Waals surface area (Å²) in [5.74, 6) is -0.676. The van der Waals surface area contributed by atoms with E-state index in [2.05, 4.69) is 10.1 Å². The zero-order valence-electron chi connectivity index (χ0n) is 8.22. The molecule has 0 aromatic carbocycles. The molecule has 0 radical (unpaired) electrons. The van der Waals surface area contributed by atoms with Crippen molar-refractivity contribution in [2.45, 2.75) is 20.3 Å². The molecule has 0 bridgehead atoms. The number of methoxy groups -OCH3 is 1. The molecule has 4 heteroatoms. The normalized spacial score (nSPS) is 10.8. The number of esters is 1. The van der Waals surface area contributed by atoms with Crippen LogP contribution >= 0.6 is 0 Å². The van der Waals surface area contributed by atoms with Gasteiger partial charge >= 0.3 is 5.97 Å². The predicted molar refractivity (Wildman–Crippen MR) is 49.1 cm³/mol. The Balaban J connectivity index is 3.88. The lowest BCUT2D eigenvalue weighted by atomic mass is 10.2. The summed E-state index contributed by atoms with van der Waals surface area (Å²) in [4.78, 5) is 21.8. The van der Waals surface area contributed by atoms with Crippen LogP contribution in [0.1, 0.15) is 20.3 Å². The van der Waals surface area contributed by atoms with Gasteiger partial charge in [0.15, 0.2) is 0 Å². The molecule has 0 saturated carbocycles. The van der Waals surface area contributed by atoms with E-state index in [9.17, 15) is 9.59 Å². The van der Waals surface area contributed by atoms with Crippen LogP contribution in [0.2, 0.25) is 0 Å². The van der Waals surface area contributed by atoms with E-state index < -0.39 is 5.97 Å². The third kappa shape index (κ3) is 5.00. The van der Waals surface area contributed by atoms with Crippen molar-refractivity contribution >= 4 is 11.9 Å². The molecular formula is C9H15NO3. The molecule has 0 aromatic heterocycles. The van der Waals surface area contributed by atoms with Crippen molar-refractivity contribution < 1.29 is 14.3 Å². The Hall–Kier alpha value is -1.32. The maximum atomic E-state index is 11.2. The summed E-state index contributed by atoms with van der Waals surface area (Å²) < 4.78 is 4.37. The molecule has 0 atom stereocenters. The first-order valence-electron chi connectivity index (χ1n) is 4.13. The molecule has 0 aliphatic rings. The van der Waals surface area contributed by atoms with Crippen molar-refractivity contribution in [1.82, 2.24) is 5.32 Å². The second-order valence-electron chi connectivity index (χ2n) is 2.55. The van der Waals surface area contributed by atoms with Crippen molar-refractivity contribution in [3.63, 3.8) is 0 Å². The second-order valence-corrected chi connectivity index (χ2v) is 2.55. The van der Waals surface area contributed by atoms with Gasteiger partial charge in [-0.25, -0.2) is 0 Å². The Morgan fingerprint density at radius 3 is 2.54 bits per heavy atom. The number of hydrogen-bond donors (Lipinski definition) is 1. The number of rotatable bonds is 4. The Morgan fingerprint density at radius 2 is 2.08 bits per heavy atom. The quantitative estimate of drug-likeness (QED) is 0.516. The van der Waals surface area contributed by atoms with Gasteiger partial charge < -0.3 is 10.1 Å². The summed E-state index contributed by atoms with van der Waals surface area (Å²) in [6.07, 6.45) is 2.60. The number of amides is 1. The largest absolute Gasteiger partial charge is 0.468 e. The van der Waals surface area contributed by atoms with Gasteiger partial charge in [0.25, 0.3) is 0 Å². The van der Waals surface area contributed by atoms with Crippen LogP contribution in [-0.4, -0.2) is 25.5 Å². The third-order valence-electron chi connectivity index (χ3n) is 1.49. The molecule has 74 valence electrons. The van der Waals surface area contributed by atoms with E-state index in [0.29, 0.717) is 5.57 Å². The van der Waals surface area contributed by atoms with Crippen molar-refractivity contribution in [1.29, 1.82) is 0 Å². The molecule has 0 heterocycles. The Bertz CT molecular complexity index is 221. The number of carbonyl (C=O) groups is 2. The molecule has 1 amide bonds. The molecule has 13 heavy (non-hydrogen) atoms. The molecule has 0 saturated heterocycles. The van der Waals surface area contributed by atoms with Crippen LogP contribution in [0.4, 0.5) is 0 Å². The molecule has 0 unspecified atom stereocenters. The maximum Gasteiger partial charge on any atom is 0.325 e. The van der Waals surface area contributed by atoms with E-state index in [1.807, 2.05) is 6.92 Å². The average molecular weight is 185 g/mol. The summed E-state index contributed by atoms with van der Waals surface area (Å²) in [6, 6.07) is 0. The maximum absolute atomic E-state index is 11.2. The minimum atomic E-state index is -0.447. The van der Waals surface area contributed by atoms with E-state index in [1.54, 1.807) is 13.0 Å². The lowest BCUT2D eigenvalue weighted by Gasteiger charge is -2.03. The number of ether oxygens (including phenoxy) is 1. The Morgan fingerprint density at radius 1 is 1.46 bits per heavy atom. The fraction of sp³-hybridized carbons (Fsp3) is 0.556. The minimum Gasteiger partial charge on any atom is -0.468 e. The molecular weight excluding hydrogens is 170 g/mol. The predicted octanol–water partition coefficient (Wildman–Crippen LogP) is 0.632. The molecule has 0 aliphatic heterocycles. The van der Waals surface area contributed by atoms with Gasteiger partial charge in [-0.15, -0.1) is 0 Å². The fourth-order valence-electron chi connectivity index (χ4n) is 0.763. The van der Waals surface area contributed by atoms with E-state index in [-0.39, 0.29) is 12.5 Å². The zero-order chi connectivity index (χ0) is 10.3. The van der Waals surface area contributed by atoms with E-state index in [4.69, 9.17) is 0 Å². The minimum absolute atomic E-state index is 0.0791. The summed E-state index contributed by atoms with van der Waals surface area (Å²) in [6.45, 7) is 3.57. The van der Waals surface area contributed by atoms with E-state index in [1.165, 1.54) is 7.11 Å². The van der Waals surface area contributed by atoms with Crippen LogP contribution in [0.3, 0.4) is 0 Å². The van der Waals surface area contributed by atoms with Gasteiger partial charge in [0.1, 0.15) is 6.54 Å². The van der Waals surface area contributed by atoms with Crippen molar-refractivity contribution in [2.24, 2.45) is 0 Å². The first kappa shape index (κ1) is 11.7. The summed E-state index contributed by atoms with van der Waals surface area (Å²) in [5.41, 5.74) is 0.617. The van der Waals surface area contributed by atoms with Crippen LogP contribution in [0.5, 0.6) is 0 Å². The second kappa shape index (κ2) is 6.22. The monoisotopic (exact) mass is 185 g/mol. The smallest absolute Gasteiger partial charge is 0.325 e. The van der Waals surface area contributed by atoms with Crippen LogP contribution in [-0.2, 0) is 14.3 Å². The molecule has 0 spiro atoms. The van der Waals surface area contributed by atoms with E-state index >= 15 is 0 Å². The number of nitrogens with one attached hydrogen (secondary N) is 1. The van der Waals surface area contributed by atoms with Gasteiger partial charge in [-0.1, -0.05) is 13.0 Å². The summed E-state index contributed by atoms with van der Waals surface area (Å²) >= 11 is 0. The first-order chi connectivity index (χ1) is 6.11. The van der Waals surface area contributed by atoms with Crippen LogP contribution in [0.15, 0.2) is 11.6 Å². The zero-order valence-corrected chi connectivity index (χ0v) is 8.22. The van der Waals surface area contributed by atoms with Gasteiger partial charge in [0.05, 0.1) is 7.11 Å². The van der Waals surface area contributed by atoms with Gasteiger partial charge in [0, 0.05) is 5.57 Å². The molecule has 0 aliphatic carbocycles. The number of allylic oxidation sites excluding steroid dienone is 1. The SMILES string of the molecule is CC/C=C(\C)C(=O)NCC(=O)OC. The van der Waals surface area contributed by atoms with Gasteiger partial charge in [-0.2, -0.15) is 0 Å². The van der Waals surface area contributed by atoms with Gasteiger partial charge in [-0.3, -0.25) is 9.59 Å². The topological polar surface area (TPSA) is 55.4 Å². The fourth-order valence-corrected chi connectivity index (χ4v) is 0.763. The highest BCUT2D eigenvalue weighted by atomic mass is 16.5. The first-order valence-corrected chi connectivity index (χ1v) is 4.13. The Labute approximate surface area is 78.0 Å². The van der Waals surface area contributed by atoms with Gasteiger partial charge in [0.2, 0.25) is 5.91 Å². The third-order valence-corrected chi connectivity index (χ3v) is 1.49. The number of hydrogen-bond acceptors (Lipinski definition) is 3. The highest BCUT2D eigenvalue weighted by molar-refractivity contribution is 5.94. The average Bonchev–Trinajstić information content (AvgIpc) is 2.13. The molecule has 0 fully saturated rings. The highest BCUT2D eigenvalue weighted by Crippen LogP contribution is 1.94. The van der Waals surface area contributed by atoms with Crippen molar-refractivity contribution in [3.05, 3.63) is 11.6 Å². The van der Waals surface area contributed by atoms with Crippen molar-refractivity contribution in [2.75, 3.05) is 13.7 Å². The molecule has 1 N–H and O–H groups in total. The van der Waals surface area contributed by atoms with E-state index in [0.717, 1.165) is 6.42 Å². The summed E-state index contributed by atoms with van der Waals surface area (Å²) in [5, 5.41) is 2.44. The lowest BCUT2D eigenvalue weighted by Crippen LogP contribution is -2.30. The van der Waals surface area contributed by atoms with Crippen LogP contribution in [0, 0.1) is 0 Å². The molecule has 4 nitrogen and oxygen atoms in total. The van der Waals surface area contributed by atoms with Crippen LogP contribution in [0.25, 0.3) is 0 Å². The van der Waals surface area contributed by atoms with Crippen molar-refractivity contribution in [3.8, 4) is 0 Å². The number of carbonyl (C=O) groups excluding carboxylic acids is 2. The Kier molecular flexibility index (Phi) is 5.59. The molecule has 0 rings (SSSR count). The molecule has 0 aromatic rings. The lowest BCUT2D eigenvalue weighted by molar-refractivity contribution is -0.140. The standard InChI is InChI=1S/C9H15NO3/c1-4-5-7(2)9(12)10-6-8(11)13-3/h5H,4,6H2,1-3H3,(H,10,12)/b7-5+. The summed E-state index contributed by atoms with van der Waals surface area (Å²) in [7, 11) is 1.28. The van der Waals surface area contributed by atoms with Crippen LogP contribution < -0.4 is 5.32 Å². The van der Waals surface area contributed by atoms with Gasteiger partial charge in [-0.05, 0) is 13.3 Å².